The van der Waals surface area contributed by atoms with Gasteiger partial charge in [0.2, 0.25) is 9.47 Å². The molecule has 0 fully saturated rings. The van der Waals surface area contributed by atoms with Crippen molar-refractivity contribution in [2.75, 3.05) is 5.32 Å². The number of aryl methyl sites for hydroxylation is 2. The Balaban J connectivity index is 1.76. The number of rotatable bonds is 7. The van der Waals surface area contributed by atoms with Gasteiger partial charge in [-0.3, -0.25) is 10.1 Å². The quantitative estimate of drug-likeness (QED) is 0.501. The van der Waals surface area contributed by atoms with Crippen LogP contribution >= 0.6 is 22.9 Å². The van der Waals surface area contributed by atoms with Gasteiger partial charge in [-0.1, -0.05) is 60.2 Å². The molecule has 3 aromatic rings. The molecule has 0 saturated heterocycles. The van der Waals surface area contributed by atoms with Crippen molar-refractivity contribution in [3.8, 4) is 0 Å². The fourth-order valence-electron chi connectivity index (χ4n) is 2.78. The zero-order valence-corrected chi connectivity index (χ0v) is 19.0. The average molecular weight is 465 g/mol. The van der Waals surface area contributed by atoms with E-state index >= 15 is 0 Å². The first kappa shape index (κ1) is 22.4. The second kappa shape index (κ2) is 9.22. The van der Waals surface area contributed by atoms with Crippen LogP contribution in [0.2, 0.25) is 5.02 Å². The molecule has 0 bridgehead atoms. The molecule has 2 aromatic carbocycles. The molecule has 1 aromatic heterocycles. The lowest BCUT2D eigenvalue weighted by Crippen LogP contribution is -2.28. The molecule has 1 atom stereocenters. The maximum absolute atomic E-state index is 12.8. The van der Waals surface area contributed by atoms with Gasteiger partial charge >= 0.3 is 0 Å². The largest absolute Gasteiger partial charge is 0.296 e. The summed E-state index contributed by atoms with van der Waals surface area (Å²) in [5.74, 6) is -0.491. The average Bonchev–Trinajstić information content (AvgIpc) is 3.18. The van der Waals surface area contributed by atoms with E-state index in [1.807, 2.05) is 39.0 Å². The molecule has 158 valence electrons. The Labute approximate surface area is 184 Å². The molecule has 30 heavy (non-hydrogen) atoms. The van der Waals surface area contributed by atoms with E-state index in [0.717, 1.165) is 28.0 Å². The predicted octanol–water partition coefficient (Wildman–Crippen LogP) is 4.49. The molecule has 3 rings (SSSR count). The molecular weight excluding hydrogens is 444 g/mol. The number of amides is 1. The van der Waals surface area contributed by atoms with E-state index in [2.05, 4.69) is 20.2 Å². The molecule has 0 aliphatic heterocycles. The van der Waals surface area contributed by atoms with Crippen LogP contribution in [0.15, 0.2) is 46.8 Å². The normalized spacial score (nSPS) is 12.5. The fourth-order valence-corrected chi connectivity index (χ4v) is 5.23. The summed E-state index contributed by atoms with van der Waals surface area (Å²) in [6, 6.07) is 12.0. The number of carbonyl (C=O) groups is 1. The summed E-state index contributed by atoms with van der Waals surface area (Å²) >= 11 is 6.79. The van der Waals surface area contributed by atoms with Crippen LogP contribution in [0, 0.1) is 13.8 Å². The van der Waals surface area contributed by atoms with Crippen LogP contribution in [0.3, 0.4) is 0 Å². The number of carbonyl (C=O) groups excluding carboxylic acids is 1. The molecule has 10 heteroatoms. The first-order valence-corrected chi connectivity index (χ1v) is 11.9. The molecule has 0 spiro atoms. The number of hydrogen-bond donors (Lipinski definition) is 2. The minimum atomic E-state index is -3.91. The number of aromatic nitrogens is 2. The van der Waals surface area contributed by atoms with Crippen LogP contribution in [0.25, 0.3) is 0 Å². The Kier molecular flexibility index (Phi) is 6.87. The number of anilines is 1. The Hall–Kier alpha value is -2.33. The summed E-state index contributed by atoms with van der Waals surface area (Å²) in [6.07, 6.45) is 0.566. The Morgan fingerprint density at radius 2 is 1.87 bits per heavy atom. The summed E-state index contributed by atoms with van der Waals surface area (Å²) in [5.41, 5.74) is 3.36. The highest BCUT2D eigenvalue weighted by Gasteiger charge is 2.25. The lowest BCUT2D eigenvalue weighted by Gasteiger charge is -2.17. The maximum Gasteiger partial charge on any atom is 0.270 e. The van der Waals surface area contributed by atoms with Crippen LogP contribution in [0.4, 0.5) is 5.13 Å². The van der Waals surface area contributed by atoms with Gasteiger partial charge in [0.05, 0.1) is 10.6 Å². The number of nitrogens with zero attached hydrogens (tertiary/aromatic N) is 2. The van der Waals surface area contributed by atoms with Crippen LogP contribution < -0.4 is 10.0 Å². The van der Waals surface area contributed by atoms with Gasteiger partial charge in [-0.05, 0) is 49.1 Å². The number of nitrogens with one attached hydrogen (secondary N) is 2. The third kappa shape index (κ3) is 5.04. The summed E-state index contributed by atoms with van der Waals surface area (Å²) in [5, 5.41) is 10.4. The van der Waals surface area contributed by atoms with Crippen LogP contribution in [0.1, 0.15) is 46.4 Å². The number of sulfonamides is 1. The molecule has 0 aliphatic carbocycles. The van der Waals surface area contributed by atoms with Crippen molar-refractivity contribution in [2.24, 2.45) is 0 Å². The highest BCUT2D eigenvalue weighted by atomic mass is 35.5. The van der Waals surface area contributed by atoms with E-state index in [4.69, 9.17) is 11.6 Å². The fraction of sp³-hybridized carbons (Fsp3) is 0.250. The van der Waals surface area contributed by atoms with Crippen molar-refractivity contribution in [1.29, 1.82) is 0 Å². The lowest BCUT2D eigenvalue weighted by atomic mass is 10.0. The Bertz CT molecular complexity index is 1180. The van der Waals surface area contributed by atoms with Gasteiger partial charge in [0.15, 0.2) is 0 Å². The minimum absolute atomic E-state index is 0.0690. The van der Waals surface area contributed by atoms with Gasteiger partial charge in [0.1, 0.15) is 0 Å². The minimum Gasteiger partial charge on any atom is -0.296 e. The standard InChI is InChI=1S/C20H21ClN4O3S2/c1-4-17(14-10-9-12(2)13(3)11-14)25-30(27,28)20-24-23-19(29-20)22-18(26)15-7-5-6-8-16(15)21/h5-11,17,25H,4H2,1-3H3,(H,22,23,26)/t17-/m1/s1. The highest BCUT2D eigenvalue weighted by molar-refractivity contribution is 7.91. The van der Waals surface area contributed by atoms with Crippen LogP contribution in [-0.2, 0) is 10.0 Å². The van der Waals surface area contributed by atoms with Gasteiger partial charge in [0.25, 0.3) is 15.9 Å². The van der Waals surface area contributed by atoms with Gasteiger partial charge in [-0.15, -0.1) is 10.2 Å². The second-order valence-electron chi connectivity index (χ2n) is 6.73. The summed E-state index contributed by atoms with van der Waals surface area (Å²) in [4.78, 5) is 12.3. The van der Waals surface area contributed by atoms with Crippen molar-refractivity contribution in [3.63, 3.8) is 0 Å². The molecule has 1 amide bonds. The third-order valence-electron chi connectivity index (χ3n) is 4.61. The number of benzene rings is 2. The summed E-state index contributed by atoms with van der Waals surface area (Å²) in [6.45, 7) is 5.89. The van der Waals surface area contributed by atoms with E-state index in [-0.39, 0.29) is 20.1 Å². The van der Waals surface area contributed by atoms with E-state index in [1.165, 1.54) is 0 Å². The second-order valence-corrected chi connectivity index (χ2v) is 10.0. The molecule has 0 saturated carbocycles. The van der Waals surface area contributed by atoms with E-state index in [1.54, 1.807) is 24.3 Å². The van der Waals surface area contributed by atoms with Crippen molar-refractivity contribution in [2.45, 2.75) is 37.6 Å². The highest BCUT2D eigenvalue weighted by Crippen LogP contribution is 2.26. The Morgan fingerprint density at radius 3 is 2.53 bits per heavy atom. The first-order chi connectivity index (χ1) is 14.2. The van der Waals surface area contributed by atoms with E-state index < -0.39 is 22.0 Å². The van der Waals surface area contributed by atoms with Gasteiger partial charge in [-0.2, -0.15) is 0 Å². The SMILES string of the molecule is CC[C@@H](NS(=O)(=O)c1nnc(NC(=O)c2ccccc2Cl)s1)c1ccc(C)c(C)c1. The maximum atomic E-state index is 12.8. The van der Waals surface area contributed by atoms with Crippen molar-refractivity contribution < 1.29 is 13.2 Å². The smallest absolute Gasteiger partial charge is 0.270 e. The molecule has 7 nitrogen and oxygen atoms in total. The lowest BCUT2D eigenvalue weighted by molar-refractivity contribution is 0.102. The third-order valence-corrected chi connectivity index (χ3v) is 7.62. The van der Waals surface area contributed by atoms with Crippen LogP contribution in [0.5, 0.6) is 0 Å². The Morgan fingerprint density at radius 1 is 1.13 bits per heavy atom. The number of hydrogen-bond acceptors (Lipinski definition) is 6. The van der Waals surface area contributed by atoms with Gasteiger partial charge in [0, 0.05) is 6.04 Å². The zero-order chi connectivity index (χ0) is 21.9. The summed E-state index contributed by atoms with van der Waals surface area (Å²) in [7, 11) is -3.91. The topological polar surface area (TPSA) is 101 Å². The molecule has 0 unspecified atom stereocenters. The van der Waals surface area contributed by atoms with E-state index in [0.29, 0.717) is 6.42 Å². The van der Waals surface area contributed by atoms with Crippen molar-refractivity contribution >= 4 is 44.0 Å². The van der Waals surface area contributed by atoms with Gasteiger partial charge in [-0.25, -0.2) is 13.1 Å². The molecule has 0 radical (unpaired) electrons. The van der Waals surface area contributed by atoms with Crippen LogP contribution in [-0.4, -0.2) is 24.5 Å². The summed E-state index contributed by atoms with van der Waals surface area (Å²) < 4.78 is 28.1. The monoisotopic (exact) mass is 464 g/mol. The predicted molar refractivity (Wildman–Crippen MR) is 119 cm³/mol. The number of halogens is 1. The molecular formula is C20H21ClN4O3S2. The van der Waals surface area contributed by atoms with Crippen molar-refractivity contribution in [1.82, 2.24) is 14.9 Å². The van der Waals surface area contributed by atoms with E-state index in [9.17, 15) is 13.2 Å². The van der Waals surface area contributed by atoms with Crippen molar-refractivity contribution in [3.05, 3.63) is 69.7 Å². The molecule has 2 N–H and O–H groups in total. The molecule has 1 heterocycles. The first-order valence-electron chi connectivity index (χ1n) is 9.20. The molecule has 0 aliphatic rings. The van der Waals surface area contributed by atoms with Gasteiger partial charge < -0.3 is 0 Å². The zero-order valence-electron chi connectivity index (χ0n) is 16.6.